The fourth-order valence-electron chi connectivity index (χ4n) is 3.72. The standard InChI is InChI=1S/C17H20N2O2/c20-15-11-19(12-17(15)7-3-9-21-17)10-14-5-1-4-13-6-2-8-18-16(13)14/h1-2,4-6,8,15,20H,3,7,9-12H2/t15-,17-/m0/s1. The summed E-state index contributed by atoms with van der Waals surface area (Å²) < 4.78 is 5.86. The molecule has 1 N–H and O–H groups in total. The summed E-state index contributed by atoms with van der Waals surface area (Å²) in [5.41, 5.74) is 1.95. The van der Waals surface area contributed by atoms with Crippen molar-refractivity contribution < 1.29 is 9.84 Å². The molecule has 0 saturated carbocycles. The van der Waals surface area contributed by atoms with Gasteiger partial charge in [-0.25, -0.2) is 0 Å². The first-order valence-electron chi connectivity index (χ1n) is 7.64. The number of β-amino-alcohol motifs (C(OH)–C–C–N with tert-alkyl or cyclic N) is 1. The van der Waals surface area contributed by atoms with Crippen LogP contribution in [0, 0.1) is 0 Å². The van der Waals surface area contributed by atoms with Crippen molar-refractivity contribution in [1.29, 1.82) is 0 Å². The highest BCUT2D eigenvalue weighted by Gasteiger charge is 2.48. The van der Waals surface area contributed by atoms with Crippen molar-refractivity contribution in [2.24, 2.45) is 0 Å². The third kappa shape index (κ3) is 2.24. The molecular formula is C17H20N2O2. The Hall–Kier alpha value is -1.49. The number of para-hydroxylation sites is 1. The van der Waals surface area contributed by atoms with Gasteiger partial charge in [0.15, 0.2) is 0 Å². The number of rotatable bonds is 2. The van der Waals surface area contributed by atoms with Crippen LogP contribution in [0.3, 0.4) is 0 Å². The van der Waals surface area contributed by atoms with E-state index in [1.807, 2.05) is 12.3 Å². The molecule has 0 aliphatic carbocycles. The number of ether oxygens (including phenoxy) is 1. The van der Waals surface area contributed by atoms with Crippen LogP contribution >= 0.6 is 0 Å². The molecule has 4 nitrogen and oxygen atoms in total. The SMILES string of the molecule is O[C@H]1CN(Cc2cccc3cccnc23)C[C@@]12CCCO2. The smallest absolute Gasteiger partial charge is 0.108 e. The summed E-state index contributed by atoms with van der Waals surface area (Å²) in [6, 6.07) is 10.3. The number of aliphatic hydroxyl groups is 1. The molecule has 1 spiro atoms. The number of hydrogen-bond donors (Lipinski definition) is 1. The summed E-state index contributed by atoms with van der Waals surface area (Å²) in [5, 5.41) is 11.5. The Bertz CT molecular complexity index is 647. The van der Waals surface area contributed by atoms with Crippen LogP contribution in [0.1, 0.15) is 18.4 Å². The largest absolute Gasteiger partial charge is 0.389 e. The van der Waals surface area contributed by atoms with E-state index in [1.165, 1.54) is 10.9 Å². The average Bonchev–Trinajstić information content (AvgIpc) is 3.08. The zero-order chi connectivity index (χ0) is 14.3. The van der Waals surface area contributed by atoms with Crippen molar-refractivity contribution >= 4 is 10.9 Å². The van der Waals surface area contributed by atoms with Gasteiger partial charge < -0.3 is 9.84 Å². The van der Waals surface area contributed by atoms with Crippen LogP contribution in [-0.4, -0.2) is 46.4 Å². The van der Waals surface area contributed by atoms with Gasteiger partial charge in [0.25, 0.3) is 0 Å². The highest BCUT2D eigenvalue weighted by Crippen LogP contribution is 2.36. The van der Waals surface area contributed by atoms with E-state index < -0.39 is 0 Å². The number of aromatic nitrogens is 1. The molecule has 2 fully saturated rings. The van der Waals surface area contributed by atoms with Crippen molar-refractivity contribution in [2.75, 3.05) is 19.7 Å². The molecule has 4 rings (SSSR count). The molecule has 0 radical (unpaired) electrons. The van der Waals surface area contributed by atoms with Crippen LogP contribution in [0.15, 0.2) is 36.5 Å². The Morgan fingerprint density at radius 1 is 1.33 bits per heavy atom. The predicted molar refractivity (Wildman–Crippen MR) is 80.9 cm³/mol. The molecule has 2 aromatic rings. The maximum absolute atomic E-state index is 10.4. The first-order valence-corrected chi connectivity index (χ1v) is 7.64. The van der Waals surface area contributed by atoms with Crippen molar-refractivity contribution in [2.45, 2.75) is 31.1 Å². The van der Waals surface area contributed by atoms with E-state index in [-0.39, 0.29) is 11.7 Å². The molecule has 0 bridgehead atoms. The molecule has 4 heteroatoms. The number of likely N-dealkylation sites (tertiary alicyclic amines) is 1. The molecule has 1 aromatic heterocycles. The fourth-order valence-corrected chi connectivity index (χ4v) is 3.72. The normalized spacial score (nSPS) is 29.7. The van der Waals surface area contributed by atoms with Crippen molar-refractivity contribution in [1.82, 2.24) is 9.88 Å². The number of pyridine rings is 1. The summed E-state index contributed by atoms with van der Waals surface area (Å²) in [6.45, 7) is 3.10. The monoisotopic (exact) mass is 284 g/mol. The number of nitrogens with zero attached hydrogens (tertiary/aromatic N) is 2. The molecule has 1 aromatic carbocycles. The van der Waals surface area contributed by atoms with Crippen LogP contribution in [0.25, 0.3) is 10.9 Å². The van der Waals surface area contributed by atoms with Gasteiger partial charge in [-0.2, -0.15) is 0 Å². The maximum atomic E-state index is 10.4. The Morgan fingerprint density at radius 3 is 3.10 bits per heavy atom. The van der Waals surface area contributed by atoms with Crippen LogP contribution in [0.4, 0.5) is 0 Å². The number of benzene rings is 1. The molecule has 2 aliphatic rings. The van der Waals surface area contributed by atoms with E-state index in [4.69, 9.17) is 4.74 Å². The predicted octanol–water partition coefficient (Wildman–Crippen LogP) is 1.96. The lowest BCUT2D eigenvalue weighted by Crippen LogP contribution is -2.40. The third-order valence-corrected chi connectivity index (χ3v) is 4.77. The number of aliphatic hydroxyl groups excluding tert-OH is 1. The average molecular weight is 284 g/mol. The third-order valence-electron chi connectivity index (χ3n) is 4.77. The van der Waals surface area contributed by atoms with Crippen LogP contribution < -0.4 is 0 Å². The molecule has 2 atom stereocenters. The minimum absolute atomic E-state index is 0.321. The fraction of sp³-hybridized carbons (Fsp3) is 0.471. The van der Waals surface area contributed by atoms with E-state index >= 15 is 0 Å². The summed E-state index contributed by atoms with van der Waals surface area (Å²) >= 11 is 0. The van der Waals surface area contributed by atoms with Crippen LogP contribution in [0.5, 0.6) is 0 Å². The maximum Gasteiger partial charge on any atom is 0.108 e. The van der Waals surface area contributed by atoms with E-state index in [0.717, 1.165) is 38.1 Å². The van der Waals surface area contributed by atoms with Gasteiger partial charge >= 0.3 is 0 Å². The minimum Gasteiger partial charge on any atom is -0.389 e. The first-order chi connectivity index (χ1) is 10.3. The van der Waals surface area contributed by atoms with Gasteiger partial charge in [0.2, 0.25) is 0 Å². The topological polar surface area (TPSA) is 45.6 Å². The summed E-state index contributed by atoms with van der Waals surface area (Å²) in [4.78, 5) is 6.80. The van der Waals surface area contributed by atoms with Gasteiger partial charge in [0, 0.05) is 37.8 Å². The zero-order valence-corrected chi connectivity index (χ0v) is 12.0. The second kappa shape index (κ2) is 5.05. The molecule has 2 saturated heterocycles. The highest BCUT2D eigenvalue weighted by molar-refractivity contribution is 5.81. The summed E-state index contributed by atoms with van der Waals surface area (Å²) in [6.07, 6.45) is 3.49. The first kappa shape index (κ1) is 13.2. The van der Waals surface area contributed by atoms with E-state index in [9.17, 15) is 5.11 Å². The molecule has 2 aliphatic heterocycles. The highest BCUT2D eigenvalue weighted by atomic mass is 16.5. The Labute approximate surface area is 124 Å². The van der Waals surface area contributed by atoms with Crippen molar-refractivity contribution in [3.63, 3.8) is 0 Å². The number of hydrogen-bond acceptors (Lipinski definition) is 4. The van der Waals surface area contributed by atoms with Gasteiger partial charge in [0.1, 0.15) is 5.60 Å². The van der Waals surface area contributed by atoms with Gasteiger partial charge in [0.05, 0.1) is 11.6 Å². The van der Waals surface area contributed by atoms with E-state index in [0.29, 0.717) is 6.54 Å². The molecular weight excluding hydrogens is 264 g/mol. The Kier molecular flexibility index (Phi) is 3.17. The second-order valence-electron chi connectivity index (χ2n) is 6.19. The molecule has 110 valence electrons. The van der Waals surface area contributed by atoms with E-state index in [1.54, 1.807) is 0 Å². The molecule has 21 heavy (non-hydrogen) atoms. The lowest BCUT2D eigenvalue weighted by atomic mass is 9.97. The Balaban J connectivity index is 1.59. The summed E-state index contributed by atoms with van der Waals surface area (Å²) in [5.74, 6) is 0. The van der Waals surface area contributed by atoms with E-state index in [2.05, 4.69) is 34.1 Å². The molecule has 0 unspecified atom stereocenters. The second-order valence-corrected chi connectivity index (χ2v) is 6.19. The lowest BCUT2D eigenvalue weighted by Gasteiger charge is -2.25. The summed E-state index contributed by atoms with van der Waals surface area (Å²) in [7, 11) is 0. The van der Waals surface area contributed by atoms with Crippen LogP contribution in [-0.2, 0) is 11.3 Å². The van der Waals surface area contributed by atoms with Crippen molar-refractivity contribution in [3.05, 3.63) is 42.1 Å². The zero-order valence-electron chi connectivity index (χ0n) is 12.0. The van der Waals surface area contributed by atoms with Crippen molar-refractivity contribution in [3.8, 4) is 0 Å². The quantitative estimate of drug-likeness (QED) is 0.915. The van der Waals surface area contributed by atoms with Crippen LogP contribution in [0.2, 0.25) is 0 Å². The number of fused-ring (bicyclic) bond motifs is 1. The lowest BCUT2D eigenvalue weighted by molar-refractivity contribution is -0.0593. The van der Waals surface area contributed by atoms with Gasteiger partial charge in [-0.3, -0.25) is 9.88 Å². The Morgan fingerprint density at radius 2 is 2.24 bits per heavy atom. The molecule has 0 amide bonds. The van der Waals surface area contributed by atoms with Gasteiger partial charge in [-0.15, -0.1) is 0 Å². The van der Waals surface area contributed by atoms with Gasteiger partial charge in [-0.05, 0) is 24.5 Å². The van der Waals surface area contributed by atoms with Gasteiger partial charge in [-0.1, -0.05) is 24.3 Å². The molecule has 3 heterocycles. The minimum atomic E-state index is -0.372.